The van der Waals surface area contributed by atoms with Crippen LogP contribution in [0.25, 0.3) is 5.57 Å². The first-order chi connectivity index (χ1) is 12.7. The van der Waals surface area contributed by atoms with Crippen LogP contribution in [-0.4, -0.2) is 0 Å². The summed E-state index contributed by atoms with van der Waals surface area (Å²) >= 11 is 0. The number of allylic oxidation sites excluding steroid dienone is 6. The second-order valence-electron chi connectivity index (χ2n) is 8.00. The van der Waals surface area contributed by atoms with Gasteiger partial charge in [-0.15, -0.1) is 0 Å². The molecule has 2 N–H and O–H groups in total. The maximum absolute atomic E-state index is 6.18. The molecule has 0 aromatic heterocycles. The van der Waals surface area contributed by atoms with E-state index in [0.29, 0.717) is 0 Å². The zero-order chi connectivity index (χ0) is 20.6. The molecule has 27 heavy (non-hydrogen) atoms. The highest BCUT2D eigenvalue weighted by Gasteiger charge is 2.32. The summed E-state index contributed by atoms with van der Waals surface area (Å²) in [5, 5.41) is 0. The molecule has 0 radical (unpaired) electrons. The van der Waals surface area contributed by atoms with Crippen molar-refractivity contribution < 1.29 is 0 Å². The van der Waals surface area contributed by atoms with E-state index in [2.05, 4.69) is 85.4 Å². The second kappa shape index (κ2) is 10.3. The van der Waals surface area contributed by atoms with Crippen molar-refractivity contribution in [2.24, 2.45) is 5.73 Å². The molecule has 0 atom stereocenters. The van der Waals surface area contributed by atoms with Crippen molar-refractivity contribution in [3.8, 4) is 0 Å². The molecular weight excluding hydrogens is 326 g/mol. The maximum atomic E-state index is 6.18. The van der Waals surface area contributed by atoms with E-state index in [1.165, 1.54) is 27.8 Å². The van der Waals surface area contributed by atoms with Crippen LogP contribution in [0.3, 0.4) is 0 Å². The Balaban J connectivity index is 3.43. The van der Waals surface area contributed by atoms with Crippen LogP contribution >= 0.6 is 0 Å². The molecule has 0 unspecified atom stereocenters. The fraction of sp³-hybridized carbons (Fsp3) is 0.462. The minimum absolute atomic E-state index is 0.0825. The highest BCUT2D eigenvalue weighted by atomic mass is 14.6. The molecule has 0 saturated heterocycles. The van der Waals surface area contributed by atoms with Crippen molar-refractivity contribution in [2.45, 2.75) is 79.6 Å². The number of aryl methyl sites for hydroxylation is 1. The third-order valence-electron chi connectivity index (χ3n) is 5.33. The molecule has 0 heterocycles. The number of benzene rings is 1. The lowest BCUT2D eigenvalue weighted by molar-refractivity contribution is 0.416. The Bertz CT molecular complexity index is 733. The maximum Gasteiger partial charge on any atom is 0.0319 e. The number of nitrogens with two attached hydrogens (primary N) is 1. The van der Waals surface area contributed by atoms with Crippen molar-refractivity contribution in [3.63, 3.8) is 0 Å². The largest absolute Gasteiger partial charge is 0.399 e. The Labute approximate surface area is 167 Å². The fourth-order valence-corrected chi connectivity index (χ4v) is 4.17. The monoisotopic (exact) mass is 365 g/mol. The average molecular weight is 366 g/mol. The third kappa shape index (κ3) is 5.73. The van der Waals surface area contributed by atoms with Gasteiger partial charge in [0.25, 0.3) is 0 Å². The molecular formula is C26H39N. The molecule has 0 aliphatic heterocycles. The van der Waals surface area contributed by atoms with Gasteiger partial charge in [-0.2, -0.15) is 0 Å². The summed E-state index contributed by atoms with van der Waals surface area (Å²) < 4.78 is 0. The number of hydrogen-bond donors (Lipinski definition) is 1. The van der Waals surface area contributed by atoms with Crippen LogP contribution in [-0.2, 0) is 5.41 Å². The van der Waals surface area contributed by atoms with E-state index in [4.69, 9.17) is 5.73 Å². The van der Waals surface area contributed by atoms with Crippen LogP contribution in [0.15, 0.2) is 59.8 Å². The van der Waals surface area contributed by atoms with Crippen LogP contribution in [0, 0.1) is 6.92 Å². The molecule has 0 aliphatic rings. The first kappa shape index (κ1) is 23.0. The summed E-state index contributed by atoms with van der Waals surface area (Å²) in [6.45, 7) is 19.5. The highest BCUT2D eigenvalue weighted by Crippen LogP contribution is 2.42. The van der Waals surface area contributed by atoms with Gasteiger partial charge in [-0.05, 0) is 81.9 Å². The van der Waals surface area contributed by atoms with Crippen molar-refractivity contribution in [3.05, 3.63) is 76.5 Å². The molecule has 0 spiro atoms. The number of rotatable bonds is 9. The lowest BCUT2D eigenvalue weighted by Crippen LogP contribution is -2.28. The number of hydrogen-bond acceptors (Lipinski definition) is 1. The predicted molar refractivity (Wildman–Crippen MR) is 123 cm³/mol. The van der Waals surface area contributed by atoms with E-state index in [1.54, 1.807) is 0 Å². The summed E-state index contributed by atoms with van der Waals surface area (Å²) in [5.74, 6) is 0. The van der Waals surface area contributed by atoms with Crippen molar-refractivity contribution in [2.75, 3.05) is 0 Å². The Kier molecular flexibility index (Phi) is 8.82. The van der Waals surface area contributed by atoms with Gasteiger partial charge in [0.15, 0.2) is 0 Å². The van der Waals surface area contributed by atoms with E-state index in [9.17, 15) is 0 Å². The molecule has 1 aromatic rings. The zero-order valence-corrected chi connectivity index (χ0v) is 18.6. The molecule has 1 heteroatoms. The highest BCUT2D eigenvalue weighted by molar-refractivity contribution is 5.75. The minimum atomic E-state index is 0.0825. The lowest BCUT2D eigenvalue weighted by atomic mass is 9.67. The molecule has 1 aromatic carbocycles. The Hall–Kier alpha value is -2.02. The third-order valence-corrected chi connectivity index (χ3v) is 5.33. The topological polar surface area (TPSA) is 26.0 Å². The van der Waals surface area contributed by atoms with Crippen LogP contribution < -0.4 is 5.73 Å². The van der Waals surface area contributed by atoms with Crippen molar-refractivity contribution in [1.29, 1.82) is 0 Å². The SMILES string of the molecule is C=C(C)C(CCC)(CCC)c1ccc(C(/C=C(/N)C=C(C)C)=C/C)cc1C. The summed E-state index contributed by atoms with van der Waals surface area (Å²) in [7, 11) is 0. The van der Waals surface area contributed by atoms with Gasteiger partial charge < -0.3 is 5.73 Å². The van der Waals surface area contributed by atoms with Crippen LogP contribution in [0.1, 0.15) is 83.9 Å². The van der Waals surface area contributed by atoms with Gasteiger partial charge in [-0.3, -0.25) is 0 Å². The predicted octanol–water partition coefficient (Wildman–Crippen LogP) is 7.62. The molecule has 1 rings (SSSR count). The smallest absolute Gasteiger partial charge is 0.0319 e. The first-order valence-electron chi connectivity index (χ1n) is 10.3. The van der Waals surface area contributed by atoms with Crippen molar-refractivity contribution in [1.82, 2.24) is 0 Å². The van der Waals surface area contributed by atoms with Gasteiger partial charge >= 0.3 is 0 Å². The normalized spacial score (nSPS) is 12.9. The van der Waals surface area contributed by atoms with Gasteiger partial charge in [0.2, 0.25) is 0 Å². The Morgan fingerprint density at radius 3 is 2.07 bits per heavy atom. The molecule has 0 fully saturated rings. The van der Waals surface area contributed by atoms with E-state index < -0.39 is 0 Å². The van der Waals surface area contributed by atoms with Crippen LogP contribution in [0.5, 0.6) is 0 Å². The molecule has 0 saturated carbocycles. The summed E-state index contributed by atoms with van der Waals surface area (Å²) in [6, 6.07) is 6.87. The summed E-state index contributed by atoms with van der Waals surface area (Å²) in [4.78, 5) is 0. The molecule has 0 amide bonds. The Morgan fingerprint density at radius 2 is 1.67 bits per heavy atom. The lowest BCUT2D eigenvalue weighted by Gasteiger charge is -2.36. The average Bonchev–Trinajstić information content (AvgIpc) is 2.58. The molecule has 148 valence electrons. The van der Waals surface area contributed by atoms with Crippen LogP contribution in [0.2, 0.25) is 0 Å². The zero-order valence-electron chi connectivity index (χ0n) is 18.6. The van der Waals surface area contributed by atoms with Gasteiger partial charge in [0.05, 0.1) is 0 Å². The van der Waals surface area contributed by atoms with E-state index in [-0.39, 0.29) is 5.41 Å². The van der Waals surface area contributed by atoms with E-state index in [1.807, 2.05) is 6.08 Å². The van der Waals surface area contributed by atoms with Gasteiger partial charge in [-0.25, -0.2) is 0 Å². The standard InChI is InChI=1S/C26H39N/c1-9-14-26(15-10-2,20(6)7)25-13-12-23(17-21(25)8)22(11-3)18-24(27)16-19(4)5/h11-13,16-18H,6,9-10,14-15,27H2,1-5,7-8H3/b22-11+,24-18+. The molecule has 1 nitrogen and oxygen atoms in total. The fourth-order valence-electron chi connectivity index (χ4n) is 4.17. The minimum Gasteiger partial charge on any atom is -0.399 e. The van der Waals surface area contributed by atoms with Gasteiger partial charge in [0.1, 0.15) is 0 Å². The summed E-state index contributed by atoms with van der Waals surface area (Å²) in [5.41, 5.74) is 14.7. The summed E-state index contributed by atoms with van der Waals surface area (Å²) in [6.07, 6.45) is 10.8. The molecule has 0 aliphatic carbocycles. The quantitative estimate of drug-likeness (QED) is 0.353. The first-order valence-corrected chi connectivity index (χ1v) is 10.3. The van der Waals surface area contributed by atoms with E-state index in [0.717, 1.165) is 37.0 Å². The second-order valence-corrected chi connectivity index (χ2v) is 8.00. The van der Waals surface area contributed by atoms with Gasteiger partial charge in [0, 0.05) is 11.1 Å². The Morgan fingerprint density at radius 1 is 1.07 bits per heavy atom. The molecule has 0 bridgehead atoms. The van der Waals surface area contributed by atoms with E-state index >= 15 is 0 Å². The van der Waals surface area contributed by atoms with Crippen molar-refractivity contribution >= 4 is 5.57 Å². The van der Waals surface area contributed by atoms with Crippen LogP contribution in [0.4, 0.5) is 0 Å². The van der Waals surface area contributed by atoms with Gasteiger partial charge in [-0.1, -0.05) is 68.7 Å².